The van der Waals surface area contributed by atoms with Gasteiger partial charge in [0, 0.05) is 31.8 Å². The minimum absolute atomic E-state index is 0.0529. The van der Waals surface area contributed by atoms with Gasteiger partial charge in [-0.15, -0.1) is 0 Å². The van der Waals surface area contributed by atoms with Crippen LogP contribution in [0.3, 0.4) is 0 Å². The molecule has 0 atom stereocenters. The molecule has 2 aromatic heterocycles. The summed E-state index contributed by atoms with van der Waals surface area (Å²) >= 11 is 5.95. The molecule has 0 fully saturated rings. The van der Waals surface area contributed by atoms with Crippen molar-refractivity contribution in [3.8, 4) is 0 Å². The van der Waals surface area contributed by atoms with E-state index in [1.807, 2.05) is 6.07 Å². The van der Waals surface area contributed by atoms with Crippen molar-refractivity contribution in [2.75, 3.05) is 0 Å². The van der Waals surface area contributed by atoms with Crippen LogP contribution in [0, 0.1) is 0 Å². The number of rotatable bonds is 2. The summed E-state index contributed by atoms with van der Waals surface area (Å²) < 4.78 is 3.12. The molecular weight excluding hydrogens is 214 g/mol. The molecule has 78 valence electrons. The van der Waals surface area contributed by atoms with Gasteiger partial charge < -0.3 is 4.57 Å². The van der Waals surface area contributed by atoms with Gasteiger partial charge >= 0.3 is 5.69 Å². The Balaban J connectivity index is 2.34. The molecule has 15 heavy (non-hydrogen) atoms. The van der Waals surface area contributed by atoms with Crippen LogP contribution >= 0.6 is 11.6 Å². The van der Waals surface area contributed by atoms with Crippen LogP contribution in [-0.4, -0.2) is 14.1 Å². The quantitative estimate of drug-likeness (QED) is 0.770. The van der Waals surface area contributed by atoms with Crippen LogP contribution in [0.1, 0.15) is 5.56 Å². The van der Waals surface area contributed by atoms with E-state index in [9.17, 15) is 4.79 Å². The third kappa shape index (κ3) is 1.94. The number of hydrogen-bond donors (Lipinski definition) is 0. The predicted molar refractivity (Wildman–Crippen MR) is 58.0 cm³/mol. The first-order valence-corrected chi connectivity index (χ1v) is 4.86. The molecule has 0 N–H and O–H groups in total. The highest BCUT2D eigenvalue weighted by Gasteiger charge is 2.03. The molecule has 2 aromatic rings. The second-order valence-corrected chi connectivity index (χ2v) is 3.69. The number of hydrogen-bond acceptors (Lipinski definition) is 2. The third-order valence-electron chi connectivity index (χ3n) is 2.21. The van der Waals surface area contributed by atoms with E-state index in [4.69, 9.17) is 11.6 Å². The number of aromatic nitrogens is 3. The Morgan fingerprint density at radius 1 is 1.47 bits per heavy atom. The summed E-state index contributed by atoms with van der Waals surface area (Å²) in [6, 6.07) is 1.81. The maximum Gasteiger partial charge on any atom is 0.328 e. The van der Waals surface area contributed by atoms with E-state index < -0.39 is 0 Å². The van der Waals surface area contributed by atoms with Crippen LogP contribution in [0.25, 0.3) is 0 Å². The summed E-state index contributed by atoms with van der Waals surface area (Å²) in [5.74, 6) is 0. The molecule has 5 heteroatoms. The zero-order chi connectivity index (χ0) is 10.8. The predicted octanol–water partition coefficient (Wildman–Crippen LogP) is 1.28. The van der Waals surface area contributed by atoms with Crippen molar-refractivity contribution in [2.45, 2.75) is 6.54 Å². The Morgan fingerprint density at radius 3 is 2.87 bits per heavy atom. The van der Waals surface area contributed by atoms with Crippen molar-refractivity contribution in [1.82, 2.24) is 14.1 Å². The summed E-state index contributed by atoms with van der Waals surface area (Å²) in [6.07, 6.45) is 6.69. The summed E-state index contributed by atoms with van der Waals surface area (Å²) in [6.45, 7) is 0.473. The van der Waals surface area contributed by atoms with Crippen LogP contribution in [0.2, 0.25) is 5.02 Å². The van der Waals surface area contributed by atoms with Gasteiger partial charge in [-0.3, -0.25) is 9.55 Å². The van der Waals surface area contributed by atoms with Gasteiger partial charge in [0.05, 0.1) is 11.6 Å². The first-order chi connectivity index (χ1) is 7.18. The van der Waals surface area contributed by atoms with Crippen LogP contribution in [-0.2, 0) is 13.6 Å². The molecular formula is C10H10ClN3O. The molecule has 0 spiro atoms. The Kier molecular flexibility index (Phi) is 2.60. The summed E-state index contributed by atoms with van der Waals surface area (Å²) in [5, 5.41) is 0.577. The second kappa shape index (κ2) is 3.90. The third-order valence-corrected chi connectivity index (χ3v) is 2.56. The van der Waals surface area contributed by atoms with Crippen molar-refractivity contribution < 1.29 is 0 Å². The average Bonchev–Trinajstić information content (AvgIpc) is 2.53. The van der Waals surface area contributed by atoms with Crippen molar-refractivity contribution in [2.24, 2.45) is 7.05 Å². The highest BCUT2D eigenvalue weighted by molar-refractivity contribution is 6.31. The topological polar surface area (TPSA) is 39.8 Å². The molecule has 0 amide bonds. The maximum absolute atomic E-state index is 11.6. The zero-order valence-corrected chi connectivity index (χ0v) is 8.98. The highest BCUT2D eigenvalue weighted by atomic mass is 35.5. The zero-order valence-electron chi connectivity index (χ0n) is 8.22. The van der Waals surface area contributed by atoms with E-state index in [2.05, 4.69) is 4.98 Å². The number of imidazole rings is 1. The van der Waals surface area contributed by atoms with Gasteiger partial charge in [0.15, 0.2) is 0 Å². The highest BCUT2D eigenvalue weighted by Crippen LogP contribution is 2.13. The lowest BCUT2D eigenvalue weighted by molar-refractivity contribution is 0.717. The minimum Gasteiger partial charge on any atom is -0.302 e. The first-order valence-electron chi connectivity index (χ1n) is 4.48. The van der Waals surface area contributed by atoms with Crippen LogP contribution in [0.4, 0.5) is 0 Å². The number of halogens is 1. The molecule has 0 bridgehead atoms. The van der Waals surface area contributed by atoms with E-state index in [0.717, 1.165) is 5.56 Å². The lowest BCUT2D eigenvalue weighted by Crippen LogP contribution is -2.22. The van der Waals surface area contributed by atoms with Crippen LogP contribution < -0.4 is 5.69 Å². The largest absolute Gasteiger partial charge is 0.328 e. The fourth-order valence-electron chi connectivity index (χ4n) is 1.35. The Hall–Kier alpha value is -1.55. The Bertz CT molecular complexity index is 529. The lowest BCUT2D eigenvalue weighted by atomic mass is 10.3. The first kappa shape index (κ1) is 9.98. The van der Waals surface area contributed by atoms with Gasteiger partial charge in [0.2, 0.25) is 0 Å². The number of aryl methyl sites for hydroxylation is 1. The maximum atomic E-state index is 11.6. The van der Waals surface area contributed by atoms with E-state index in [1.54, 1.807) is 36.4 Å². The van der Waals surface area contributed by atoms with Crippen molar-refractivity contribution in [1.29, 1.82) is 0 Å². The van der Waals surface area contributed by atoms with E-state index in [-0.39, 0.29) is 5.69 Å². The minimum atomic E-state index is -0.0529. The molecule has 4 nitrogen and oxygen atoms in total. The van der Waals surface area contributed by atoms with Gasteiger partial charge in [-0.25, -0.2) is 4.79 Å². The van der Waals surface area contributed by atoms with Gasteiger partial charge in [-0.05, 0) is 11.6 Å². The van der Waals surface area contributed by atoms with E-state index in [0.29, 0.717) is 11.6 Å². The monoisotopic (exact) mass is 223 g/mol. The molecule has 2 rings (SSSR count). The molecule has 0 saturated heterocycles. The van der Waals surface area contributed by atoms with Gasteiger partial charge in [-0.2, -0.15) is 0 Å². The number of nitrogens with zero attached hydrogens (tertiary/aromatic N) is 3. The molecule has 0 aliphatic heterocycles. The molecule has 0 aromatic carbocycles. The van der Waals surface area contributed by atoms with Crippen LogP contribution in [0.15, 0.2) is 35.6 Å². The lowest BCUT2D eigenvalue weighted by Gasteiger charge is -2.03. The molecule has 0 saturated carbocycles. The van der Waals surface area contributed by atoms with Crippen LogP contribution in [0.5, 0.6) is 0 Å². The summed E-state index contributed by atoms with van der Waals surface area (Å²) in [4.78, 5) is 15.4. The van der Waals surface area contributed by atoms with Gasteiger partial charge in [-0.1, -0.05) is 11.6 Å². The van der Waals surface area contributed by atoms with E-state index >= 15 is 0 Å². The Labute approximate surface area is 91.8 Å². The second-order valence-electron chi connectivity index (χ2n) is 3.29. The van der Waals surface area contributed by atoms with Gasteiger partial charge in [0.25, 0.3) is 0 Å². The van der Waals surface area contributed by atoms with Crippen molar-refractivity contribution in [3.63, 3.8) is 0 Å². The molecule has 0 radical (unpaired) electrons. The SMILES string of the molecule is Cn1ccn(Cc2ccncc2Cl)c1=O. The normalized spacial score (nSPS) is 10.5. The fraction of sp³-hybridized carbons (Fsp3) is 0.200. The molecule has 0 aliphatic rings. The van der Waals surface area contributed by atoms with Gasteiger partial charge in [0.1, 0.15) is 0 Å². The number of pyridine rings is 1. The molecule has 2 heterocycles. The smallest absolute Gasteiger partial charge is 0.302 e. The fourth-order valence-corrected chi connectivity index (χ4v) is 1.53. The summed E-state index contributed by atoms with van der Waals surface area (Å²) in [5.41, 5.74) is 0.836. The average molecular weight is 224 g/mol. The Morgan fingerprint density at radius 2 is 2.27 bits per heavy atom. The molecule has 0 unspecified atom stereocenters. The van der Waals surface area contributed by atoms with Crippen molar-refractivity contribution >= 4 is 11.6 Å². The molecule has 0 aliphatic carbocycles. The summed E-state index contributed by atoms with van der Waals surface area (Å²) in [7, 11) is 1.72. The van der Waals surface area contributed by atoms with Crippen molar-refractivity contribution in [3.05, 3.63) is 51.9 Å². The standard InChI is InChI=1S/C10H10ClN3O/c1-13-4-5-14(10(13)15)7-8-2-3-12-6-9(8)11/h2-6H,7H2,1H3. The van der Waals surface area contributed by atoms with E-state index in [1.165, 1.54) is 4.57 Å².